The van der Waals surface area contributed by atoms with Gasteiger partial charge in [-0.05, 0) is 20.7 Å². The third-order valence-corrected chi connectivity index (χ3v) is 2.08. The maximum Gasteiger partial charge on any atom is 0.373 e. The lowest BCUT2D eigenvalue weighted by atomic mass is 9.88. The molecule has 0 aliphatic carbocycles. The molecule has 0 radical (unpaired) electrons. The van der Waals surface area contributed by atoms with E-state index in [1.54, 1.807) is 6.82 Å². The van der Waals surface area contributed by atoms with Crippen molar-refractivity contribution in [3.63, 3.8) is 0 Å². The minimum absolute atomic E-state index is 0.293. The van der Waals surface area contributed by atoms with E-state index in [4.69, 9.17) is 14.5 Å². The van der Waals surface area contributed by atoms with Crippen LogP contribution in [0.3, 0.4) is 0 Å². The van der Waals surface area contributed by atoms with Gasteiger partial charge in [0.25, 0.3) is 0 Å². The second-order valence-corrected chi connectivity index (χ2v) is 4.02. The topological polar surface area (TPSA) is 71.0 Å². The molecule has 1 heterocycles. The summed E-state index contributed by atoms with van der Waals surface area (Å²) in [5.41, 5.74) is 0. The summed E-state index contributed by atoms with van der Waals surface area (Å²) < 4.78 is 10.8. The Bertz CT molecular complexity index is 188. The Kier molecular flexibility index (Phi) is 3.91. The number of aliphatic hydroxyl groups excluding tert-OH is 1. The summed E-state index contributed by atoms with van der Waals surface area (Å²) in [5.74, 6) is -0.615. The zero-order valence-corrected chi connectivity index (χ0v) is 8.86. The fourth-order valence-corrected chi connectivity index (χ4v) is 1.33. The van der Waals surface area contributed by atoms with Gasteiger partial charge in [-0.15, -0.1) is 0 Å². The van der Waals surface area contributed by atoms with E-state index in [9.17, 15) is 5.11 Å². The van der Waals surface area contributed by atoms with Crippen LogP contribution in [0.15, 0.2) is 0 Å². The van der Waals surface area contributed by atoms with Gasteiger partial charge in [0.15, 0.2) is 5.79 Å². The zero-order valence-electron chi connectivity index (χ0n) is 8.86. The van der Waals surface area contributed by atoms with E-state index in [1.807, 2.05) is 13.8 Å². The summed E-state index contributed by atoms with van der Waals surface area (Å²) in [7, 11) is -0.625. The third-order valence-electron chi connectivity index (χ3n) is 2.08. The summed E-state index contributed by atoms with van der Waals surface area (Å²) in [6.45, 7) is 5.89. The summed E-state index contributed by atoms with van der Waals surface area (Å²) in [4.78, 5) is 0. The highest BCUT2D eigenvalue weighted by Crippen LogP contribution is 2.23. The molecule has 82 valence electrons. The van der Waals surface area contributed by atoms with Crippen molar-refractivity contribution in [2.24, 2.45) is 0 Å². The molecule has 0 saturated carbocycles. The van der Waals surface area contributed by atoms with Crippen LogP contribution >= 0.6 is 0 Å². The lowest BCUT2D eigenvalue weighted by Crippen LogP contribution is -2.43. The summed E-state index contributed by atoms with van der Waals surface area (Å²) >= 11 is 0. The number of nitrogens with one attached hydrogen (secondary N) is 1. The highest BCUT2D eigenvalue weighted by molar-refractivity contribution is 6.45. The molecule has 0 spiro atoms. The maximum atomic E-state index is 9.65. The number of hydrogen-bond acceptors (Lipinski definition) is 5. The van der Waals surface area contributed by atoms with Crippen LogP contribution in [0.25, 0.3) is 0 Å². The monoisotopic (exact) mass is 203 g/mol. The van der Waals surface area contributed by atoms with Crippen molar-refractivity contribution in [3.05, 3.63) is 0 Å². The standard InChI is InChI=1S/C8H18BNO4/c1-8(2)13-5-7(14-8)6(11)4-10-9(3)12/h6-7,10-12H,4-5H2,1-3H3/t6-,7+/m0/s1. The summed E-state index contributed by atoms with van der Waals surface area (Å²) in [6, 6.07) is 0. The van der Waals surface area contributed by atoms with Crippen molar-refractivity contribution in [2.45, 2.75) is 38.7 Å². The molecule has 0 unspecified atom stereocenters. The minimum Gasteiger partial charge on any atom is -0.437 e. The highest BCUT2D eigenvalue weighted by atomic mass is 16.7. The second-order valence-electron chi connectivity index (χ2n) is 4.02. The number of rotatable bonds is 4. The SMILES string of the molecule is CB(O)NC[C@H](O)[C@H]1COC(C)(C)O1. The quantitative estimate of drug-likeness (QED) is 0.521. The van der Waals surface area contributed by atoms with Gasteiger partial charge in [-0.1, -0.05) is 0 Å². The first-order chi connectivity index (χ1) is 6.41. The minimum atomic E-state index is -0.661. The molecule has 0 aromatic carbocycles. The summed E-state index contributed by atoms with van der Waals surface area (Å²) in [5, 5.41) is 21.3. The van der Waals surface area contributed by atoms with Crippen LogP contribution in [0.2, 0.25) is 6.82 Å². The van der Waals surface area contributed by atoms with Crippen molar-refractivity contribution in [1.29, 1.82) is 0 Å². The summed E-state index contributed by atoms with van der Waals surface area (Å²) in [6.07, 6.45) is -0.984. The van der Waals surface area contributed by atoms with Gasteiger partial charge in [0.1, 0.15) is 6.10 Å². The fourth-order valence-electron chi connectivity index (χ4n) is 1.33. The first-order valence-corrected chi connectivity index (χ1v) is 4.82. The molecule has 14 heavy (non-hydrogen) atoms. The van der Waals surface area contributed by atoms with Crippen LogP contribution in [-0.2, 0) is 9.47 Å². The average molecular weight is 203 g/mol. The smallest absolute Gasteiger partial charge is 0.373 e. The van der Waals surface area contributed by atoms with Gasteiger partial charge >= 0.3 is 7.05 Å². The van der Waals surface area contributed by atoms with E-state index < -0.39 is 18.9 Å². The van der Waals surface area contributed by atoms with E-state index in [0.29, 0.717) is 13.2 Å². The predicted molar refractivity (Wildman–Crippen MR) is 52.8 cm³/mol. The van der Waals surface area contributed by atoms with Gasteiger partial charge in [0.2, 0.25) is 0 Å². The second kappa shape index (κ2) is 4.59. The lowest BCUT2D eigenvalue weighted by molar-refractivity contribution is -0.150. The molecular weight excluding hydrogens is 185 g/mol. The molecular formula is C8H18BNO4. The molecule has 1 fully saturated rings. The van der Waals surface area contributed by atoms with Gasteiger partial charge in [-0.2, -0.15) is 0 Å². The van der Waals surface area contributed by atoms with Crippen LogP contribution in [0, 0.1) is 0 Å². The molecule has 0 aromatic rings. The Labute approximate surface area is 84.5 Å². The van der Waals surface area contributed by atoms with Gasteiger partial charge in [0, 0.05) is 6.54 Å². The third kappa shape index (κ3) is 3.55. The zero-order chi connectivity index (χ0) is 10.8. The van der Waals surface area contributed by atoms with Crippen LogP contribution < -0.4 is 5.23 Å². The van der Waals surface area contributed by atoms with E-state index in [-0.39, 0.29) is 6.10 Å². The number of aliphatic hydroxyl groups is 1. The molecule has 5 nitrogen and oxygen atoms in total. The Morgan fingerprint density at radius 2 is 2.29 bits per heavy atom. The largest absolute Gasteiger partial charge is 0.437 e. The van der Waals surface area contributed by atoms with Gasteiger partial charge in [-0.25, -0.2) is 0 Å². The van der Waals surface area contributed by atoms with Crippen molar-refractivity contribution >= 4 is 7.05 Å². The molecule has 1 saturated heterocycles. The van der Waals surface area contributed by atoms with Gasteiger partial charge < -0.3 is 24.8 Å². The molecule has 1 aliphatic rings. The predicted octanol–water partition coefficient (Wildman–Crippen LogP) is -0.801. The number of hydrogen-bond donors (Lipinski definition) is 3. The van der Waals surface area contributed by atoms with E-state index in [2.05, 4.69) is 5.23 Å². The van der Waals surface area contributed by atoms with Crippen LogP contribution in [-0.4, -0.2) is 48.3 Å². The van der Waals surface area contributed by atoms with Crippen LogP contribution in [0.5, 0.6) is 0 Å². The van der Waals surface area contributed by atoms with Gasteiger partial charge in [-0.3, -0.25) is 0 Å². The average Bonchev–Trinajstić information content (AvgIpc) is 2.41. The first-order valence-electron chi connectivity index (χ1n) is 4.82. The molecule has 6 heteroatoms. The highest BCUT2D eigenvalue weighted by Gasteiger charge is 2.36. The Hall–Kier alpha value is -0.135. The number of ether oxygens (including phenoxy) is 2. The molecule has 1 aliphatic heterocycles. The molecule has 1 rings (SSSR count). The van der Waals surface area contributed by atoms with Crippen LogP contribution in [0.1, 0.15) is 13.8 Å². The van der Waals surface area contributed by atoms with Gasteiger partial charge in [0.05, 0.1) is 12.7 Å². The Balaban J connectivity index is 2.29. The Morgan fingerprint density at radius 3 is 2.71 bits per heavy atom. The van der Waals surface area contributed by atoms with E-state index in [1.165, 1.54) is 0 Å². The maximum absolute atomic E-state index is 9.65. The molecule has 0 aromatic heterocycles. The van der Waals surface area contributed by atoms with E-state index in [0.717, 1.165) is 0 Å². The van der Waals surface area contributed by atoms with Crippen molar-refractivity contribution < 1.29 is 19.6 Å². The van der Waals surface area contributed by atoms with Crippen molar-refractivity contribution in [1.82, 2.24) is 5.23 Å². The first kappa shape index (κ1) is 11.9. The van der Waals surface area contributed by atoms with Crippen molar-refractivity contribution in [3.8, 4) is 0 Å². The Morgan fingerprint density at radius 1 is 1.64 bits per heavy atom. The molecule has 2 atom stereocenters. The lowest BCUT2D eigenvalue weighted by Gasteiger charge is -2.20. The van der Waals surface area contributed by atoms with Crippen LogP contribution in [0.4, 0.5) is 0 Å². The van der Waals surface area contributed by atoms with Crippen molar-refractivity contribution in [2.75, 3.05) is 13.2 Å². The molecule has 0 amide bonds. The molecule has 3 N–H and O–H groups in total. The normalized spacial score (nSPS) is 27.6. The van der Waals surface area contributed by atoms with E-state index >= 15 is 0 Å². The fraction of sp³-hybridized carbons (Fsp3) is 1.00. The molecule has 0 bridgehead atoms.